The predicted molar refractivity (Wildman–Crippen MR) is 85.6 cm³/mol. The molecule has 0 saturated carbocycles. The van der Waals surface area contributed by atoms with Gasteiger partial charge in [0.2, 0.25) is 5.91 Å². The highest BCUT2D eigenvalue weighted by Gasteiger charge is 2.39. The summed E-state index contributed by atoms with van der Waals surface area (Å²) in [7, 11) is 0. The van der Waals surface area contributed by atoms with Gasteiger partial charge in [0.25, 0.3) is 0 Å². The highest BCUT2D eigenvalue weighted by molar-refractivity contribution is 5.75. The summed E-state index contributed by atoms with van der Waals surface area (Å²) in [6.07, 6.45) is 3.17. The average Bonchev–Trinajstić information content (AvgIpc) is 2.70. The normalized spacial score (nSPS) is 15.0. The van der Waals surface area contributed by atoms with Crippen molar-refractivity contribution in [2.24, 2.45) is 0 Å². The highest BCUT2D eigenvalue weighted by atomic mass is 19.4. The van der Waals surface area contributed by atoms with Gasteiger partial charge in [0, 0.05) is 17.8 Å². The van der Waals surface area contributed by atoms with Crippen LogP contribution in [0.2, 0.25) is 0 Å². The molecule has 0 aromatic carbocycles. The van der Waals surface area contributed by atoms with Crippen molar-refractivity contribution in [1.29, 1.82) is 0 Å². The highest BCUT2D eigenvalue weighted by Crippen LogP contribution is 2.35. The second kappa shape index (κ2) is 8.53. The van der Waals surface area contributed by atoms with E-state index in [9.17, 15) is 18.0 Å². The SMILES string of the molecule is CCCCCCNC(=O)Cn1nc(C(F)(F)F)c2c1CCCCC2. The molecule has 1 aromatic rings. The lowest BCUT2D eigenvalue weighted by molar-refractivity contribution is -0.142. The Morgan fingerprint density at radius 2 is 1.92 bits per heavy atom. The third-order valence-electron chi connectivity index (χ3n) is 4.42. The van der Waals surface area contributed by atoms with E-state index in [1.54, 1.807) is 0 Å². The van der Waals surface area contributed by atoms with Gasteiger partial charge in [0.15, 0.2) is 5.69 Å². The van der Waals surface area contributed by atoms with Crippen LogP contribution in [0.25, 0.3) is 0 Å². The lowest BCUT2D eigenvalue weighted by atomic mass is 10.1. The van der Waals surface area contributed by atoms with Crippen LogP contribution in [0.3, 0.4) is 0 Å². The molecular formula is C17H26F3N3O. The van der Waals surface area contributed by atoms with E-state index < -0.39 is 11.9 Å². The van der Waals surface area contributed by atoms with Gasteiger partial charge in [-0.25, -0.2) is 0 Å². The molecule has 1 heterocycles. The van der Waals surface area contributed by atoms with Crippen molar-refractivity contribution in [2.45, 2.75) is 77.4 Å². The molecule has 1 amide bonds. The van der Waals surface area contributed by atoms with Gasteiger partial charge in [-0.2, -0.15) is 18.3 Å². The maximum absolute atomic E-state index is 13.2. The zero-order valence-electron chi connectivity index (χ0n) is 14.2. The minimum Gasteiger partial charge on any atom is -0.354 e. The van der Waals surface area contributed by atoms with Crippen molar-refractivity contribution in [1.82, 2.24) is 15.1 Å². The fourth-order valence-corrected chi connectivity index (χ4v) is 3.18. The molecule has 4 nitrogen and oxygen atoms in total. The van der Waals surface area contributed by atoms with E-state index in [4.69, 9.17) is 0 Å². The second-order valence-corrected chi connectivity index (χ2v) is 6.40. The van der Waals surface area contributed by atoms with Crippen molar-refractivity contribution in [3.8, 4) is 0 Å². The van der Waals surface area contributed by atoms with E-state index in [-0.39, 0.29) is 18.0 Å². The molecular weight excluding hydrogens is 319 g/mol. The van der Waals surface area contributed by atoms with E-state index in [0.29, 0.717) is 25.1 Å². The first-order chi connectivity index (χ1) is 11.4. The Labute approximate surface area is 140 Å². The quantitative estimate of drug-likeness (QED) is 0.602. The van der Waals surface area contributed by atoms with E-state index >= 15 is 0 Å². The molecule has 136 valence electrons. The van der Waals surface area contributed by atoms with Crippen LogP contribution in [0.4, 0.5) is 13.2 Å². The summed E-state index contributed by atoms with van der Waals surface area (Å²) in [5.41, 5.74) is 0.0619. The smallest absolute Gasteiger partial charge is 0.354 e. The third kappa shape index (κ3) is 4.98. The van der Waals surface area contributed by atoms with Crippen LogP contribution >= 0.6 is 0 Å². The molecule has 0 fully saturated rings. The Morgan fingerprint density at radius 1 is 1.17 bits per heavy atom. The van der Waals surface area contributed by atoms with Gasteiger partial charge in [-0.3, -0.25) is 9.48 Å². The van der Waals surface area contributed by atoms with Gasteiger partial charge in [-0.05, 0) is 32.1 Å². The molecule has 0 radical (unpaired) electrons. The van der Waals surface area contributed by atoms with Crippen LogP contribution in [0, 0.1) is 0 Å². The van der Waals surface area contributed by atoms with Crippen LogP contribution in [0.5, 0.6) is 0 Å². The van der Waals surface area contributed by atoms with Gasteiger partial charge >= 0.3 is 6.18 Å². The number of nitrogens with zero attached hydrogens (tertiary/aromatic N) is 2. The topological polar surface area (TPSA) is 46.9 Å². The Kier molecular flexibility index (Phi) is 6.69. The number of unbranched alkanes of at least 4 members (excludes halogenated alkanes) is 3. The molecule has 7 heteroatoms. The largest absolute Gasteiger partial charge is 0.435 e. The standard InChI is InChI=1S/C17H26F3N3O/c1-2-3-4-8-11-21-15(24)12-23-14-10-7-5-6-9-13(14)16(22-23)17(18,19)20/h2-12H2,1H3,(H,21,24). The summed E-state index contributed by atoms with van der Waals surface area (Å²) < 4.78 is 40.9. The van der Waals surface area contributed by atoms with E-state index in [0.717, 1.165) is 44.9 Å². The maximum atomic E-state index is 13.2. The molecule has 0 bridgehead atoms. The second-order valence-electron chi connectivity index (χ2n) is 6.40. The molecule has 1 aliphatic rings. The monoisotopic (exact) mass is 345 g/mol. The molecule has 1 N–H and O–H groups in total. The average molecular weight is 345 g/mol. The molecule has 0 aliphatic heterocycles. The Balaban J connectivity index is 2.04. The van der Waals surface area contributed by atoms with E-state index in [2.05, 4.69) is 17.3 Å². The van der Waals surface area contributed by atoms with Gasteiger partial charge in [0.05, 0.1) is 0 Å². The minimum absolute atomic E-state index is 0.133. The lowest BCUT2D eigenvalue weighted by Crippen LogP contribution is -2.29. The third-order valence-corrected chi connectivity index (χ3v) is 4.42. The minimum atomic E-state index is -4.46. The number of nitrogens with one attached hydrogen (secondary N) is 1. The number of carbonyl (C=O) groups excluding carboxylic acids is 1. The summed E-state index contributed by atoms with van der Waals surface area (Å²) in [4.78, 5) is 12.0. The van der Waals surface area contributed by atoms with Crippen LogP contribution in [0.15, 0.2) is 0 Å². The fraction of sp³-hybridized carbons (Fsp3) is 0.765. The first kappa shape index (κ1) is 18.8. The zero-order chi connectivity index (χ0) is 17.6. The molecule has 1 aliphatic carbocycles. The number of amides is 1. The van der Waals surface area contributed by atoms with Crippen LogP contribution < -0.4 is 5.32 Å². The predicted octanol–water partition coefficient (Wildman–Crippen LogP) is 3.87. The Morgan fingerprint density at radius 3 is 2.62 bits per heavy atom. The van der Waals surface area contributed by atoms with Gasteiger partial charge in [0.1, 0.15) is 6.54 Å². The van der Waals surface area contributed by atoms with E-state index in [1.807, 2.05) is 0 Å². The van der Waals surface area contributed by atoms with Gasteiger partial charge in [-0.1, -0.05) is 32.6 Å². The number of alkyl halides is 3. The number of hydrogen-bond acceptors (Lipinski definition) is 2. The number of aromatic nitrogens is 2. The molecule has 1 aromatic heterocycles. The number of rotatable bonds is 7. The van der Waals surface area contributed by atoms with Crippen molar-refractivity contribution in [2.75, 3.05) is 6.54 Å². The molecule has 0 unspecified atom stereocenters. The Bertz CT molecular complexity index is 552. The molecule has 0 atom stereocenters. The number of hydrogen-bond donors (Lipinski definition) is 1. The molecule has 0 saturated heterocycles. The van der Waals surface area contributed by atoms with Crippen molar-refractivity contribution < 1.29 is 18.0 Å². The molecule has 0 spiro atoms. The first-order valence-corrected chi connectivity index (χ1v) is 8.86. The summed E-state index contributed by atoms with van der Waals surface area (Å²) in [6, 6.07) is 0. The van der Waals surface area contributed by atoms with Crippen molar-refractivity contribution in [3.63, 3.8) is 0 Å². The van der Waals surface area contributed by atoms with E-state index in [1.165, 1.54) is 4.68 Å². The first-order valence-electron chi connectivity index (χ1n) is 8.86. The zero-order valence-corrected chi connectivity index (χ0v) is 14.2. The van der Waals surface area contributed by atoms with Gasteiger partial charge in [-0.15, -0.1) is 0 Å². The number of fused-ring (bicyclic) bond motifs is 1. The van der Waals surface area contributed by atoms with Crippen LogP contribution in [-0.2, 0) is 30.4 Å². The number of halogens is 3. The maximum Gasteiger partial charge on any atom is 0.435 e. The molecule has 24 heavy (non-hydrogen) atoms. The van der Waals surface area contributed by atoms with Crippen molar-refractivity contribution >= 4 is 5.91 Å². The van der Waals surface area contributed by atoms with Crippen LogP contribution in [0.1, 0.15) is 68.8 Å². The van der Waals surface area contributed by atoms with Gasteiger partial charge < -0.3 is 5.32 Å². The summed E-state index contributed by atoms with van der Waals surface area (Å²) in [5.74, 6) is -0.269. The fourth-order valence-electron chi connectivity index (χ4n) is 3.18. The Hall–Kier alpha value is -1.53. The lowest BCUT2D eigenvalue weighted by Gasteiger charge is -2.08. The summed E-state index contributed by atoms with van der Waals surface area (Å²) in [6.45, 7) is 2.54. The van der Waals surface area contributed by atoms with Crippen molar-refractivity contribution in [3.05, 3.63) is 17.0 Å². The number of carbonyl (C=O) groups is 1. The molecule has 2 rings (SSSR count). The summed E-state index contributed by atoms with van der Waals surface area (Å²) in [5, 5.41) is 6.51. The summed E-state index contributed by atoms with van der Waals surface area (Å²) >= 11 is 0. The van der Waals surface area contributed by atoms with Crippen LogP contribution in [-0.4, -0.2) is 22.2 Å².